The van der Waals surface area contributed by atoms with Crippen LogP contribution in [0.3, 0.4) is 0 Å². The second-order valence-electron chi connectivity index (χ2n) is 15.6. The molecule has 272 valence electrons. The van der Waals surface area contributed by atoms with Gasteiger partial charge in [-0.15, -0.1) is 0 Å². The van der Waals surface area contributed by atoms with E-state index in [1.165, 1.54) is 244 Å². The van der Waals surface area contributed by atoms with Crippen LogP contribution < -0.4 is 5.73 Å². The SMILES string of the molecule is CCCCCCCCCCCCCCCCCCC(N)(CCCCCCCCCCCCCCCCCC)C(CC)CCCC. The van der Waals surface area contributed by atoms with Crippen LogP contribution in [0.25, 0.3) is 0 Å². The highest BCUT2D eigenvalue weighted by atomic mass is 14.8. The average molecular weight is 634 g/mol. The molecule has 0 aliphatic heterocycles. The van der Waals surface area contributed by atoms with Crippen LogP contribution in [-0.2, 0) is 0 Å². The molecule has 0 aromatic carbocycles. The van der Waals surface area contributed by atoms with Gasteiger partial charge in [-0.1, -0.05) is 252 Å². The third-order valence-corrected chi connectivity index (χ3v) is 11.2. The molecule has 0 bridgehead atoms. The van der Waals surface area contributed by atoms with Crippen molar-refractivity contribution in [2.75, 3.05) is 0 Å². The molecular weight excluding hydrogens is 542 g/mol. The van der Waals surface area contributed by atoms with Crippen molar-refractivity contribution < 1.29 is 0 Å². The maximum absolute atomic E-state index is 7.31. The van der Waals surface area contributed by atoms with Crippen molar-refractivity contribution in [3.05, 3.63) is 0 Å². The molecule has 1 nitrogen and oxygen atoms in total. The molecule has 0 rings (SSSR count). The van der Waals surface area contributed by atoms with E-state index in [0.717, 1.165) is 5.92 Å². The zero-order chi connectivity index (χ0) is 32.9. The normalized spacial score (nSPS) is 12.7. The van der Waals surface area contributed by atoms with Crippen LogP contribution in [0.5, 0.6) is 0 Å². The fraction of sp³-hybridized carbons (Fsp3) is 1.00. The molecule has 0 radical (unpaired) electrons. The van der Waals surface area contributed by atoms with E-state index in [-0.39, 0.29) is 5.54 Å². The topological polar surface area (TPSA) is 26.0 Å². The monoisotopic (exact) mass is 634 g/mol. The molecule has 0 saturated carbocycles. The predicted octanol–water partition coefficient (Wildman–Crippen LogP) is 16.2. The number of unbranched alkanes of at least 4 members (excludes halogenated alkanes) is 31. The highest BCUT2D eigenvalue weighted by Gasteiger charge is 2.32. The Bertz CT molecular complexity index is 491. The number of hydrogen-bond donors (Lipinski definition) is 1. The summed E-state index contributed by atoms with van der Waals surface area (Å²) in [6, 6.07) is 0. The minimum atomic E-state index is 0.0932. The van der Waals surface area contributed by atoms with E-state index in [0.29, 0.717) is 0 Å². The Kier molecular flexibility index (Phi) is 36.8. The summed E-state index contributed by atoms with van der Waals surface area (Å²) in [6.07, 6.45) is 54.1. The van der Waals surface area contributed by atoms with Crippen LogP contribution in [0.2, 0.25) is 0 Å². The Morgan fingerprint density at radius 1 is 0.311 bits per heavy atom. The largest absolute Gasteiger partial charge is 0.325 e. The lowest BCUT2D eigenvalue weighted by molar-refractivity contribution is 0.200. The first-order valence-electron chi connectivity index (χ1n) is 21.9. The van der Waals surface area contributed by atoms with Crippen LogP contribution in [-0.4, -0.2) is 5.54 Å². The second-order valence-corrected chi connectivity index (χ2v) is 15.6. The van der Waals surface area contributed by atoms with E-state index in [4.69, 9.17) is 5.73 Å². The van der Waals surface area contributed by atoms with Crippen molar-refractivity contribution in [2.45, 2.75) is 277 Å². The highest BCUT2D eigenvalue weighted by Crippen LogP contribution is 2.34. The first-order valence-corrected chi connectivity index (χ1v) is 21.9. The molecule has 0 amide bonds. The zero-order valence-electron chi connectivity index (χ0n) is 32.5. The summed E-state index contributed by atoms with van der Waals surface area (Å²) in [4.78, 5) is 0. The first kappa shape index (κ1) is 45.0. The van der Waals surface area contributed by atoms with Crippen LogP contribution in [0.4, 0.5) is 0 Å². The van der Waals surface area contributed by atoms with Gasteiger partial charge in [0.2, 0.25) is 0 Å². The summed E-state index contributed by atoms with van der Waals surface area (Å²) in [6.45, 7) is 9.37. The van der Waals surface area contributed by atoms with Gasteiger partial charge in [-0.3, -0.25) is 0 Å². The smallest absolute Gasteiger partial charge is 0.0182 e. The van der Waals surface area contributed by atoms with Crippen molar-refractivity contribution in [1.82, 2.24) is 0 Å². The molecule has 45 heavy (non-hydrogen) atoms. The Labute approximate surface area is 288 Å². The van der Waals surface area contributed by atoms with Crippen molar-refractivity contribution in [2.24, 2.45) is 11.7 Å². The molecule has 0 aromatic rings. The predicted molar refractivity (Wildman–Crippen MR) is 209 cm³/mol. The van der Waals surface area contributed by atoms with Gasteiger partial charge in [-0.25, -0.2) is 0 Å². The molecule has 0 heterocycles. The lowest BCUT2D eigenvalue weighted by atomic mass is 9.73. The fourth-order valence-electron chi connectivity index (χ4n) is 7.89. The number of rotatable bonds is 39. The second kappa shape index (κ2) is 36.8. The van der Waals surface area contributed by atoms with E-state index in [2.05, 4.69) is 27.7 Å². The van der Waals surface area contributed by atoms with Gasteiger partial charge in [0.25, 0.3) is 0 Å². The Morgan fingerprint density at radius 3 is 0.756 bits per heavy atom. The van der Waals surface area contributed by atoms with Crippen molar-refractivity contribution in [3.8, 4) is 0 Å². The molecule has 0 aromatic heterocycles. The van der Waals surface area contributed by atoms with Gasteiger partial charge < -0.3 is 5.73 Å². The fourth-order valence-corrected chi connectivity index (χ4v) is 7.89. The summed E-state index contributed by atoms with van der Waals surface area (Å²) >= 11 is 0. The van der Waals surface area contributed by atoms with Crippen molar-refractivity contribution in [3.63, 3.8) is 0 Å². The molecule has 2 N–H and O–H groups in total. The van der Waals surface area contributed by atoms with Gasteiger partial charge >= 0.3 is 0 Å². The molecule has 0 fully saturated rings. The van der Waals surface area contributed by atoms with Gasteiger partial charge in [-0.2, -0.15) is 0 Å². The minimum absolute atomic E-state index is 0.0932. The maximum Gasteiger partial charge on any atom is 0.0182 e. The van der Waals surface area contributed by atoms with E-state index in [1.54, 1.807) is 0 Å². The molecular formula is C44H91N. The molecule has 0 aliphatic carbocycles. The van der Waals surface area contributed by atoms with Gasteiger partial charge in [0.05, 0.1) is 0 Å². The quantitative estimate of drug-likeness (QED) is 0.0670. The summed E-state index contributed by atoms with van der Waals surface area (Å²) < 4.78 is 0. The van der Waals surface area contributed by atoms with Crippen LogP contribution in [0, 0.1) is 5.92 Å². The maximum atomic E-state index is 7.31. The van der Waals surface area contributed by atoms with Gasteiger partial charge in [0, 0.05) is 5.54 Å². The molecule has 0 aliphatic rings. The van der Waals surface area contributed by atoms with Crippen LogP contribution >= 0.6 is 0 Å². The van der Waals surface area contributed by atoms with E-state index < -0.39 is 0 Å². The van der Waals surface area contributed by atoms with E-state index in [9.17, 15) is 0 Å². The minimum Gasteiger partial charge on any atom is -0.325 e. The van der Waals surface area contributed by atoms with E-state index in [1.807, 2.05) is 0 Å². The Balaban J connectivity index is 3.91. The Morgan fingerprint density at radius 2 is 0.533 bits per heavy atom. The molecule has 1 heteroatoms. The third kappa shape index (κ3) is 31.0. The third-order valence-electron chi connectivity index (χ3n) is 11.2. The summed E-state index contributed by atoms with van der Waals surface area (Å²) in [7, 11) is 0. The molecule has 0 spiro atoms. The molecule has 1 atom stereocenters. The van der Waals surface area contributed by atoms with Gasteiger partial charge in [0.15, 0.2) is 0 Å². The number of nitrogens with two attached hydrogens (primary N) is 1. The van der Waals surface area contributed by atoms with Crippen LogP contribution in [0.1, 0.15) is 272 Å². The summed E-state index contributed by atoms with van der Waals surface area (Å²) in [5, 5.41) is 0. The Hall–Kier alpha value is -0.0400. The van der Waals surface area contributed by atoms with Crippen molar-refractivity contribution in [1.29, 1.82) is 0 Å². The average Bonchev–Trinajstić information content (AvgIpc) is 3.04. The van der Waals surface area contributed by atoms with Crippen LogP contribution in [0.15, 0.2) is 0 Å². The summed E-state index contributed by atoms with van der Waals surface area (Å²) in [5.74, 6) is 0.727. The summed E-state index contributed by atoms with van der Waals surface area (Å²) in [5.41, 5.74) is 7.41. The van der Waals surface area contributed by atoms with Gasteiger partial charge in [-0.05, 0) is 25.2 Å². The van der Waals surface area contributed by atoms with Gasteiger partial charge in [0.1, 0.15) is 0 Å². The number of hydrogen-bond acceptors (Lipinski definition) is 1. The molecule has 0 saturated heterocycles. The standard InChI is InChI=1S/C44H91N/c1-5-9-12-14-16-18-20-22-24-26-28-30-32-34-36-38-41-44(45,43(8-4)40-11-7-3)42-39-37-35-33-31-29-27-25-23-21-19-17-15-13-10-6-2/h43H,5-42,45H2,1-4H3. The zero-order valence-corrected chi connectivity index (χ0v) is 32.5. The lowest BCUT2D eigenvalue weighted by Crippen LogP contribution is -2.47. The lowest BCUT2D eigenvalue weighted by Gasteiger charge is -2.38. The molecule has 1 unspecified atom stereocenters. The van der Waals surface area contributed by atoms with E-state index >= 15 is 0 Å². The van der Waals surface area contributed by atoms with Crippen molar-refractivity contribution >= 4 is 0 Å². The first-order chi connectivity index (χ1) is 22.1. The highest BCUT2D eigenvalue weighted by molar-refractivity contribution is 4.90.